The van der Waals surface area contributed by atoms with Gasteiger partial charge in [-0.1, -0.05) is 48.5 Å². The van der Waals surface area contributed by atoms with Crippen molar-refractivity contribution in [2.45, 2.75) is 17.9 Å². The van der Waals surface area contributed by atoms with Crippen LogP contribution in [0.1, 0.15) is 11.1 Å². The van der Waals surface area contributed by atoms with Crippen LogP contribution in [0.3, 0.4) is 0 Å². The lowest BCUT2D eigenvalue weighted by molar-refractivity contribution is 0.406. The first-order valence-corrected chi connectivity index (χ1v) is 11.6. The van der Waals surface area contributed by atoms with Crippen molar-refractivity contribution in [2.24, 2.45) is 0 Å². The van der Waals surface area contributed by atoms with Crippen LogP contribution in [0.2, 0.25) is 0 Å². The molecule has 0 atom stereocenters. The molecule has 0 bridgehead atoms. The number of rotatable bonds is 8. The normalized spacial score (nSPS) is 11.8. The highest BCUT2D eigenvalue weighted by atomic mass is 32.2. The predicted octanol–water partition coefficient (Wildman–Crippen LogP) is 4.13. The van der Waals surface area contributed by atoms with Crippen LogP contribution in [-0.2, 0) is 23.0 Å². The van der Waals surface area contributed by atoms with Crippen LogP contribution < -0.4 is 4.74 Å². The van der Waals surface area contributed by atoms with Gasteiger partial charge in [-0.2, -0.15) is 13.1 Å². The maximum absolute atomic E-state index is 13.6. The van der Waals surface area contributed by atoms with Gasteiger partial charge >= 0.3 is 0 Å². The lowest BCUT2D eigenvalue weighted by Crippen LogP contribution is -2.32. The Balaban J connectivity index is 1.68. The van der Waals surface area contributed by atoms with E-state index in [1.165, 1.54) is 4.31 Å². The molecule has 1 aromatic heterocycles. The van der Waals surface area contributed by atoms with Crippen molar-refractivity contribution in [3.63, 3.8) is 0 Å². The van der Waals surface area contributed by atoms with Gasteiger partial charge < -0.3 is 4.74 Å². The Hall–Kier alpha value is -2.81. The van der Waals surface area contributed by atoms with Crippen molar-refractivity contribution in [1.82, 2.24) is 13.1 Å². The van der Waals surface area contributed by atoms with Crippen LogP contribution in [0.5, 0.6) is 5.75 Å². The van der Waals surface area contributed by atoms with Gasteiger partial charge in [0.2, 0.25) is 10.0 Å². The minimum Gasteiger partial charge on any atom is -0.497 e. The van der Waals surface area contributed by atoms with E-state index in [9.17, 15) is 8.42 Å². The van der Waals surface area contributed by atoms with Crippen LogP contribution in [0.4, 0.5) is 0 Å². The number of nitrogens with zero attached hydrogens (tertiary/aromatic N) is 3. The van der Waals surface area contributed by atoms with Gasteiger partial charge in [0, 0.05) is 13.1 Å². The fourth-order valence-corrected chi connectivity index (χ4v) is 5.43. The molecule has 0 aliphatic carbocycles. The van der Waals surface area contributed by atoms with E-state index in [2.05, 4.69) is 8.75 Å². The van der Waals surface area contributed by atoms with Crippen molar-refractivity contribution in [1.29, 1.82) is 0 Å². The molecular weight excluding hydrogens is 418 g/mol. The summed E-state index contributed by atoms with van der Waals surface area (Å²) in [5, 5.41) is 0. The molecule has 0 aliphatic rings. The second kappa shape index (κ2) is 8.91. The number of sulfonamides is 1. The first-order valence-electron chi connectivity index (χ1n) is 9.46. The summed E-state index contributed by atoms with van der Waals surface area (Å²) < 4.78 is 42.4. The molecule has 4 aromatic rings. The maximum Gasteiger partial charge on any atom is 0.245 e. The van der Waals surface area contributed by atoms with Gasteiger partial charge in [-0.25, -0.2) is 8.42 Å². The van der Waals surface area contributed by atoms with E-state index < -0.39 is 10.0 Å². The van der Waals surface area contributed by atoms with Crippen molar-refractivity contribution in [3.05, 3.63) is 83.9 Å². The number of fused-ring (bicyclic) bond motifs is 1. The van der Waals surface area contributed by atoms with E-state index in [1.807, 2.05) is 54.6 Å². The molecule has 1 heterocycles. The van der Waals surface area contributed by atoms with E-state index >= 15 is 0 Å². The van der Waals surface area contributed by atoms with Crippen molar-refractivity contribution >= 4 is 32.8 Å². The van der Waals surface area contributed by atoms with Crippen molar-refractivity contribution < 1.29 is 13.2 Å². The summed E-state index contributed by atoms with van der Waals surface area (Å²) >= 11 is 1.02. The van der Waals surface area contributed by atoms with Crippen LogP contribution in [0.15, 0.2) is 77.7 Å². The Morgan fingerprint density at radius 2 is 1.67 bits per heavy atom. The number of aromatic nitrogens is 2. The summed E-state index contributed by atoms with van der Waals surface area (Å²) in [7, 11) is -2.17. The number of hydrogen-bond acceptors (Lipinski definition) is 6. The molecule has 6 nitrogen and oxygen atoms in total. The quantitative estimate of drug-likeness (QED) is 0.413. The van der Waals surface area contributed by atoms with E-state index in [0.717, 1.165) is 28.6 Å². The minimum atomic E-state index is -3.78. The first-order chi connectivity index (χ1) is 14.6. The SMILES string of the molecule is COc1ccc(CN(CCc2ccccc2)S(=O)(=O)c2cccc3nsnc23)cc1. The lowest BCUT2D eigenvalue weighted by Gasteiger charge is -2.23. The number of methoxy groups -OCH3 is 1. The average molecular weight is 440 g/mol. The van der Waals surface area contributed by atoms with Crippen molar-refractivity contribution in [3.8, 4) is 5.75 Å². The summed E-state index contributed by atoms with van der Waals surface area (Å²) in [6.07, 6.45) is 0.613. The third-order valence-electron chi connectivity index (χ3n) is 4.88. The molecule has 30 heavy (non-hydrogen) atoms. The zero-order valence-corrected chi connectivity index (χ0v) is 18.1. The van der Waals surface area contributed by atoms with Gasteiger partial charge in [0.05, 0.1) is 18.8 Å². The fraction of sp³-hybridized carbons (Fsp3) is 0.182. The molecular formula is C22H21N3O3S2. The minimum absolute atomic E-state index is 0.190. The molecule has 0 saturated carbocycles. The molecule has 0 aliphatic heterocycles. The van der Waals surface area contributed by atoms with E-state index in [-0.39, 0.29) is 11.4 Å². The zero-order valence-electron chi connectivity index (χ0n) is 16.4. The van der Waals surface area contributed by atoms with Crippen molar-refractivity contribution in [2.75, 3.05) is 13.7 Å². The first kappa shape index (κ1) is 20.5. The van der Waals surface area contributed by atoms with Gasteiger partial charge in [0.1, 0.15) is 21.7 Å². The van der Waals surface area contributed by atoms with Crippen LogP contribution in [-0.4, -0.2) is 35.1 Å². The zero-order chi connectivity index (χ0) is 21.0. The summed E-state index contributed by atoms with van der Waals surface area (Å²) in [6.45, 7) is 0.611. The van der Waals surface area contributed by atoms with Gasteiger partial charge in [-0.3, -0.25) is 0 Å². The molecule has 0 spiro atoms. The Bertz CT molecular complexity index is 1220. The largest absolute Gasteiger partial charge is 0.497 e. The second-order valence-electron chi connectivity index (χ2n) is 6.81. The smallest absolute Gasteiger partial charge is 0.245 e. The number of ether oxygens (including phenoxy) is 1. The number of hydrogen-bond donors (Lipinski definition) is 0. The van der Waals surface area contributed by atoms with Gasteiger partial charge in [0.15, 0.2) is 0 Å². The third kappa shape index (κ3) is 4.35. The monoisotopic (exact) mass is 439 g/mol. The standard InChI is InChI=1S/C22H21N3O3S2/c1-28-19-12-10-18(11-13-19)16-25(15-14-17-6-3-2-4-7-17)30(26,27)21-9-5-8-20-22(21)24-29-23-20/h2-13H,14-16H2,1H3. The van der Waals surface area contributed by atoms with Crippen LogP contribution in [0.25, 0.3) is 11.0 Å². The van der Waals surface area contributed by atoms with Gasteiger partial charge in [0.25, 0.3) is 0 Å². The number of benzene rings is 3. The van der Waals surface area contributed by atoms with E-state index in [4.69, 9.17) is 4.74 Å². The molecule has 8 heteroatoms. The molecule has 0 unspecified atom stereocenters. The molecule has 0 saturated heterocycles. The van der Waals surface area contributed by atoms with Gasteiger partial charge in [-0.05, 0) is 41.8 Å². The molecule has 0 amide bonds. The van der Waals surface area contributed by atoms with E-state index in [1.54, 1.807) is 25.3 Å². The highest BCUT2D eigenvalue weighted by Gasteiger charge is 2.27. The Labute approximate surface area is 180 Å². The molecule has 0 fully saturated rings. The Morgan fingerprint density at radius 1 is 0.900 bits per heavy atom. The highest BCUT2D eigenvalue weighted by molar-refractivity contribution is 7.89. The average Bonchev–Trinajstić information content (AvgIpc) is 3.26. The summed E-state index contributed by atoms with van der Waals surface area (Å²) in [6, 6.07) is 22.4. The fourth-order valence-electron chi connectivity index (χ4n) is 3.25. The van der Waals surface area contributed by atoms with Crippen LogP contribution in [0, 0.1) is 0 Å². The summed E-state index contributed by atoms with van der Waals surface area (Å²) in [4.78, 5) is 0.190. The lowest BCUT2D eigenvalue weighted by atomic mass is 10.1. The van der Waals surface area contributed by atoms with E-state index in [0.29, 0.717) is 24.0 Å². The highest BCUT2D eigenvalue weighted by Crippen LogP contribution is 2.26. The molecule has 4 rings (SSSR count). The summed E-state index contributed by atoms with van der Waals surface area (Å²) in [5.41, 5.74) is 2.98. The van der Waals surface area contributed by atoms with Crippen LogP contribution >= 0.6 is 11.7 Å². The second-order valence-corrected chi connectivity index (χ2v) is 9.25. The van der Waals surface area contributed by atoms with Gasteiger partial charge in [-0.15, -0.1) is 0 Å². The molecule has 154 valence electrons. The molecule has 3 aromatic carbocycles. The molecule has 0 N–H and O–H groups in total. The molecule has 0 radical (unpaired) electrons. The third-order valence-corrected chi connectivity index (χ3v) is 7.30. The Morgan fingerprint density at radius 3 is 2.40 bits per heavy atom. The maximum atomic E-state index is 13.6. The topological polar surface area (TPSA) is 72.4 Å². The Kier molecular flexibility index (Phi) is 6.08. The predicted molar refractivity (Wildman–Crippen MR) is 118 cm³/mol. The summed E-state index contributed by atoms with van der Waals surface area (Å²) in [5.74, 6) is 0.732.